The molecular formula is C13H23N3O2. The molecule has 1 amide bonds. The van der Waals surface area contributed by atoms with Gasteiger partial charge >= 0.3 is 0 Å². The summed E-state index contributed by atoms with van der Waals surface area (Å²) in [5.41, 5.74) is 0. The summed E-state index contributed by atoms with van der Waals surface area (Å²) in [7, 11) is 1.67. The molecule has 0 aromatic carbocycles. The molecule has 1 rings (SSSR count). The molecule has 1 heterocycles. The lowest BCUT2D eigenvalue weighted by Crippen LogP contribution is -2.41. The van der Waals surface area contributed by atoms with Crippen molar-refractivity contribution in [1.82, 2.24) is 10.2 Å². The number of rotatable bonds is 7. The molecule has 18 heavy (non-hydrogen) atoms. The van der Waals surface area contributed by atoms with Crippen LogP contribution in [0.3, 0.4) is 0 Å². The van der Waals surface area contributed by atoms with Crippen LogP contribution in [0, 0.1) is 17.2 Å². The molecule has 0 aromatic rings. The van der Waals surface area contributed by atoms with E-state index in [9.17, 15) is 4.79 Å². The highest BCUT2D eigenvalue weighted by Crippen LogP contribution is 2.17. The highest BCUT2D eigenvalue weighted by atomic mass is 16.5. The van der Waals surface area contributed by atoms with Crippen molar-refractivity contribution in [3.63, 3.8) is 0 Å². The fourth-order valence-electron chi connectivity index (χ4n) is 2.20. The average molecular weight is 253 g/mol. The van der Waals surface area contributed by atoms with Gasteiger partial charge in [0, 0.05) is 39.1 Å². The maximum atomic E-state index is 11.9. The first-order chi connectivity index (χ1) is 8.77. The van der Waals surface area contributed by atoms with E-state index in [1.54, 1.807) is 7.11 Å². The highest BCUT2D eigenvalue weighted by Gasteiger charge is 2.24. The number of carbonyl (C=O) groups is 1. The van der Waals surface area contributed by atoms with Gasteiger partial charge in [0.25, 0.3) is 0 Å². The molecule has 1 fully saturated rings. The van der Waals surface area contributed by atoms with Gasteiger partial charge in [-0.05, 0) is 32.4 Å². The second-order valence-corrected chi connectivity index (χ2v) is 4.66. The van der Waals surface area contributed by atoms with Crippen LogP contribution in [0.25, 0.3) is 0 Å². The van der Waals surface area contributed by atoms with Gasteiger partial charge in [-0.15, -0.1) is 0 Å². The molecule has 5 nitrogen and oxygen atoms in total. The number of hydrogen-bond acceptors (Lipinski definition) is 4. The van der Waals surface area contributed by atoms with Gasteiger partial charge in [-0.3, -0.25) is 4.79 Å². The number of ether oxygens (including phenoxy) is 1. The molecule has 0 unspecified atom stereocenters. The Kier molecular flexibility index (Phi) is 7.38. The van der Waals surface area contributed by atoms with Crippen molar-refractivity contribution >= 4 is 5.91 Å². The number of amides is 1. The van der Waals surface area contributed by atoms with E-state index in [-0.39, 0.29) is 11.8 Å². The van der Waals surface area contributed by atoms with Gasteiger partial charge in [0.1, 0.15) is 0 Å². The third-order valence-electron chi connectivity index (χ3n) is 3.32. The van der Waals surface area contributed by atoms with Crippen LogP contribution in [-0.2, 0) is 9.53 Å². The summed E-state index contributed by atoms with van der Waals surface area (Å²) < 4.78 is 4.94. The van der Waals surface area contributed by atoms with Crippen molar-refractivity contribution < 1.29 is 9.53 Å². The Morgan fingerprint density at radius 1 is 1.50 bits per heavy atom. The van der Waals surface area contributed by atoms with Crippen molar-refractivity contribution in [1.29, 1.82) is 5.26 Å². The fourth-order valence-corrected chi connectivity index (χ4v) is 2.20. The normalized spacial score (nSPS) is 17.3. The molecular weight excluding hydrogens is 230 g/mol. The van der Waals surface area contributed by atoms with Gasteiger partial charge in [0.05, 0.1) is 6.07 Å². The quantitative estimate of drug-likeness (QED) is 0.680. The van der Waals surface area contributed by atoms with Crippen LogP contribution >= 0.6 is 0 Å². The third-order valence-corrected chi connectivity index (χ3v) is 3.32. The summed E-state index contributed by atoms with van der Waals surface area (Å²) in [6, 6.07) is 2.16. The SMILES string of the molecule is COCCCNC(=O)C1CCN(CCC#N)CC1. The topological polar surface area (TPSA) is 65.4 Å². The molecule has 5 heteroatoms. The van der Waals surface area contributed by atoms with E-state index in [2.05, 4.69) is 16.3 Å². The molecule has 0 aromatic heterocycles. The van der Waals surface area contributed by atoms with E-state index in [0.29, 0.717) is 19.6 Å². The molecule has 0 spiro atoms. The van der Waals surface area contributed by atoms with E-state index in [1.165, 1.54) is 0 Å². The van der Waals surface area contributed by atoms with Gasteiger partial charge in [0.15, 0.2) is 0 Å². The van der Waals surface area contributed by atoms with Crippen LogP contribution in [0.4, 0.5) is 0 Å². The molecule has 1 aliphatic rings. The zero-order valence-corrected chi connectivity index (χ0v) is 11.2. The first kappa shape index (κ1) is 14.9. The Morgan fingerprint density at radius 3 is 2.83 bits per heavy atom. The average Bonchev–Trinajstić information content (AvgIpc) is 2.41. The maximum Gasteiger partial charge on any atom is 0.223 e. The number of nitrogens with zero attached hydrogens (tertiary/aromatic N) is 2. The summed E-state index contributed by atoms with van der Waals surface area (Å²) in [5.74, 6) is 0.317. The van der Waals surface area contributed by atoms with Gasteiger partial charge in [-0.25, -0.2) is 0 Å². The Balaban J connectivity index is 2.13. The lowest BCUT2D eigenvalue weighted by Gasteiger charge is -2.30. The molecule has 0 atom stereocenters. The lowest BCUT2D eigenvalue weighted by molar-refractivity contribution is -0.126. The van der Waals surface area contributed by atoms with Gasteiger partial charge < -0.3 is 15.0 Å². The lowest BCUT2D eigenvalue weighted by atomic mass is 9.96. The smallest absolute Gasteiger partial charge is 0.223 e. The van der Waals surface area contributed by atoms with Crippen LogP contribution in [0.1, 0.15) is 25.7 Å². The predicted octanol–water partition coefficient (Wildman–Crippen LogP) is 0.765. The molecule has 0 bridgehead atoms. The van der Waals surface area contributed by atoms with Crippen LogP contribution < -0.4 is 5.32 Å². The Hall–Kier alpha value is -1.12. The van der Waals surface area contributed by atoms with Crippen molar-refractivity contribution in [3.05, 3.63) is 0 Å². The van der Waals surface area contributed by atoms with Crippen molar-refractivity contribution in [2.45, 2.75) is 25.7 Å². The van der Waals surface area contributed by atoms with E-state index in [4.69, 9.17) is 10.00 Å². The summed E-state index contributed by atoms with van der Waals surface area (Å²) >= 11 is 0. The minimum absolute atomic E-state index is 0.144. The molecule has 1 aliphatic heterocycles. The number of piperidine rings is 1. The molecule has 1 saturated heterocycles. The number of nitriles is 1. The minimum Gasteiger partial charge on any atom is -0.385 e. The Bertz CT molecular complexity index is 280. The van der Waals surface area contributed by atoms with E-state index >= 15 is 0 Å². The predicted molar refractivity (Wildman–Crippen MR) is 68.9 cm³/mol. The van der Waals surface area contributed by atoms with Gasteiger partial charge in [-0.2, -0.15) is 5.26 Å². The van der Waals surface area contributed by atoms with Crippen LogP contribution in [0.5, 0.6) is 0 Å². The van der Waals surface area contributed by atoms with Crippen LogP contribution in [0.2, 0.25) is 0 Å². The summed E-state index contributed by atoms with van der Waals surface area (Å²) in [5, 5.41) is 11.5. The molecule has 0 aliphatic carbocycles. The molecule has 102 valence electrons. The number of carbonyl (C=O) groups excluding carboxylic acids is 1. The first-order valence-corrected chi connectivity index (χ1v) is 6.64. The number of nitrogens with one attached hydrogen (secondary N) is 1. The van der Waals surface area contributed by atoms with Crippen LogP contribution in [0.15, 0.2) is 0 Å². The van der Waals surface area contributed by atoms with E-state index < -0.39 is 0 Å². The number of likely N-dealkylation sites (tertiary alicyclic amines) is 1. The minimum atomic E-state index is 0.144. The molecule has 0 saturated carbocycles. The summed E-state index contributed by atoms with van der Waals surface area (Å²) in [4.78, 5) is 14.1. The Morgan fingerprint density at radius 2 is 2.22 bits per heavy atom. The van der Waals surface area contributed by atoms with Gasteiger partial charge in [0.2, 0.25) is 5.91 Å². The van der Waals surface area contributed by atoms with E-state index in [0.717, 1.165) is 38.9 Å². The summed E-state index contributed by atoms with van der Waals surface area (Å²) in [6.45, 7) is 4.07. The molecule has 0 radical (unpaired) electrons. The highest BCUT2D eigenvalue weighted by molar-refractivity contribution is 5.78. The largest absolute Gasteiger partial charge is 0.385 e. The van der Waals surface area contributed by atoms with E-state index in [1.807, 2.05) is 0 Å². The van der Waals surface area contributed by atoms with Crippen LogP contribution in [-0.4, -0.2) is 50.7 Å². The van der Waals surface area contributed by atoms with Crippen molar-refractivity contribution in [2.75, 3.05) is 39.9 Å². The Labute approximate surface area is 109 Å². The number of methoxy groups -OCH3 is 1. The van der Waals surface area contributed by atoms with Gasteiger partial charge in [-0.1, -0.05) is 0 Å². The maximum absolute atomic E-state index is 11.9. The van der Waals surface area contributed by atoms with Crippen molar-refractivity contribution in [3.8, 4) is 6.07 Å². The zero-order chi connectivity index (χ0) is 13.2. The fraction of sp³-hybridized carbons (Fsp3) is 0.846. The summed E-state index contributed by atoms with van der Waals surface area (Å²) in [6.07, 6.45) is 3.25. The third kappa shape index (κ3) is 5.48. The second kappa shape index (κ2) is 8.90. The monoisotopic (exact) mass is 253 g/mol. The number of hydrogen-bond donors (Lipinski definition) is 1. The zero-order valence-electron chi connectivity index (χ0n) is 11.2. The van der Waals surface area contributed by atoms with Crippen molar-refractivity contribution in [2.24, 2.45) is 5.92 Å². The molecule has 1 N–H and O–H groups in total. The first-order valence-electron chi connectivity index (χ1n) is 6.64. The second-order valence-electron chi connectivity index (χ2n) is 4.66. The standard InChI is InChI=1S/C13H23N3O2/c1-18-11-3-7-15-13(17)12-4-9-16(10-5-12)8-2-6-14/h12H,2-5,7-11H2,1H3,(H,15,17).